The topological polar surface area (TPSA) is 75.8 Å². The maximum atomic E-state index is 12.1. The number of aryl methyl sites for hydroxylation is 1. The van der Waals surface area contributed by atoms with Crippen molar-refractivity contribution in [1.29, 1.82) is 0 Å². The molecule has 22 heavy (non-hydrogen) atoms. The Morgan fingerprint density at radius 1 is 1.36 bits per heavy atom. The summed E-state index contributed by atoms with van der Waals surface area (Å²) in [6.07, 6.45) is 3.26. The number of sulfonamides is 1. The molecule has 0 fully saturated rings. The molecular formula is C13H11BrN4O2S2. The Morgan fingerprint density at radius 2 is 2.09 bits per heavy atom. The third kappa shape index (κ3) is 2.92. The van der Waals surface area contributed by atoms with E-state index in [4.69, 9.17) is 0 Å². The molecule has 0 radical (unpaired) electrons. The third-order valence-electron chi connectivity index (χ3n) is 2.95. The van der Waals surface area contributed by atoms with Crippen LogP contribution in [0.1, 0.15) is 11.3 Å². The molecule has 1 aromatic carbocycles. The van der Waals surface area contributed by atoms with Gasteiger partial charge in [-0.05, 0) is 35.0 Å². The Kier molecular flexibility index (Phi) is 4.02. The van der Waals surface area contributed by atoms with E-state index in [1.807, 2.05) is 22.9 Å². The van der Waals surface area contributed by atoms with Gasteiger partial charge in [-0.15, -0.1) is 11.3 Å². The predicted octanol–water partition coefficient (Wildman–Crippen LogP) is 2.78. The Morgan fingerprint density at radius 3 is 2.82 bits per heavy atom. The van der Waals surface area contributed by atoms with E-state index in [-0.39, 0.29) is 4.90 Å². The van der Waals surface area contributed by atoms with Crippen LogP contribution in [0.5, 0.6) is 0 Å². The molecule has 0 spiro atoms. The van der Waals surface area contributed by atoms with Gasteiger partial charge < -0.3 is 0 Å². The van der Waals surface area contributed by atoms with Crippen molar-refractivity contribution in [2.24, 2.45) is 5.10 Å². The maximum Gasteiger partial charge on any atom is 0.276 e. The van der Waals surface area contributed by atoms with Crippen molar-refractivity contribution in [3.63, 3.8) is 0 Å². The number of hydrogen-bond acceptors (Lipinski definition) is 5. The van der Waals surface area contributed by atoms with Crippen molar-refractivity contribution < 1.29 is 8.42 Å². The molecule has 2 aromatic heterocycles. The summed E-state index contributed by atoms with van der Waals surface area (Å²) in [6, 6.07) is 6.56. The Labute approximate surface area is 139 Å². The highest BCUT2D eigenvalue weighted by Gasteiger charge is 2.13. The first-order chi connectivity index (χ1) is 10.5. The van der Waals surface area contributed by atoms with Crippen LogP contribution in [0.3, 0.4) is 0 Å². The minimum absolute atomic E-state index is 0.170. The molecule has 0 unspecified atom stereocenters. The lowest BCUT2D eigenvalue weighted by Gasteiger charge is -2.03. The van der Waals surface area contributed by atoms with E-state index >= 15 is 0 Å². The van der Waals surface area contributed by atoms with Gasteiger partial charge in [0.25, 0.3) is 10.0 Å². The molecule has 3 rings (SSSR count). The number of hydrogen-bond donors (Lipinski definition) is 1. The summed E-state index contributed by atoms with van der Waals surface area (Å²) in [4.78, 5) is 7.46. The zero-order valence-electron chi connectivity index (χ0n) is 11.4. The van der Waals surface area contributed by atoms with Crippen LogP contribution < -0.4 is 4.83 Å². The van der Waals surface area contributed by atoms with Gasteiger partial charge in [0.15, 0.2) is 4.96 Å². The fourth-order valence-electron chi connectivity index (χ4n) is 1.82. The zero-order valence-corrected chi connectivity index (χ0v) is 14.6. The van der Waals surface area contributed by atoms with Crippen molar-refractivity contribution in [2.45, 2.75) is 11.8 Å². The van der Waals surface area contributed by atoms with Gasteiger partial charge >= 0.3 is 0 Å². The smallest absolute Gasteiger partial charge is 0.276 e. The molecule has 0 aliphatic carbocycles. The number of nitrogens with zero attached hydrogens (tertiary/aromatic N) is 3. The van der Waals surface area contributed by atoms with Crippen molar-refractivity contribution in [3.05, 3.63) is 51.7 Å². The highest BCUT2D eigenvalue weighted by atomic mass is 79.9. The van der Waals surface area contributed by atoms with E-state index in [2.05, 4.69) is 30.8 Å². The Balaban J connectivity index is 1.83. The summed E-state index contributed by atoms with van der Waals surface area (Å²) in [7, 11) is -3.67. The largest absolute Gasteiger partial charge is 0.288 e. The second-order valence-corrected chi connectivity index (χ2v) is 7.79. The van der Waals surface area contributed by atoms with Gasteiger partial charge in [-0.25, -0.2) is 9.82 Å². The van der Waals surface area contributed by atoms with Crippen LogP contribution in [0.4, 0.5) is 0 Å². The third-order valence-corrected chi connectivity index (χ3v) is 5.52. The van der Waals surface area contributed by atoms with Crippen LogP contribution in [0.25, 0.3) is 4.96 Å². The number of hydrazone groups is 1. The summed E-state index contributed by atoms with van der Waals surface area (Å²) in [6.45, 7) is 1.89. The Bertz CT molecular complexity index is 942. The monoisotopic (exact) mass is 398 g/mol. The fourth-order valence-corrected chi connectivity index (χ4v) is 3.91. The molecule has 0 saturated heterocycles. The molecule has 0 aliphatic rings. The first kappa shape index (κ1) is 15.2. The first-order valence-corrected chi connectivity index (χ1v) is 9.35. The fraction of sp³-hybridized carbons (Fsp3) is 0.0769. The molecule has 1 N–H and O–H groups in total. The van der Waals surface area contributed by atoms with Crippen LogP contribution in [0.15, 0.2) is 50.4 Å². The zero-order chi connectivity index (χ0) is 15.7. The minimum atomic E-state index is -3.67. The molecule has 0 aliphatic heterocycles. The molecule has 2 heterocycles. The van der Waals surface area contributed by atoms with Gasteiger partial charge in [0.1, 0.15) is 10.3 Å². The van der Waals surface area contributed by atoms with Crippen LogP contribution in [0.2, 0.25) is 0 Å². The van der Waals surface area contributed by atoms with E-state index in [0.717, 1.165) is 10.5 Å². The molecule has 0 saturated carbocycles. The summed E-state index contributed by atoms with van der Waals surface area (Å²) in [5.41, 5.74) is 1.66. The summed E-state index contributed by atoms with van der Waals surface area (Å²) in [5.74, 6) is 0. The highest BCUT2D eigenvalue weighted by molar-refractivity contribution is 9.10. The van der Waals surface area contributed by atoms with E-state index in [0.29, 0.717) is 10.3 Å². The van der Waals surface area contributed by atoms with Gasteiger partial charge in [-0.1, -0.05) is 17.7 Å². The van der Waals surface area contributed by atoms with Gasteiger partial charge in [0.05, 0.1) is 11.1 Å². The number of benzene rings is 1. The van der Waals surface area contributed by atoms with E-state index in [1.54, 1.807) is 24.3 Å². The molecule has 114 valence electrons. The number of imidazole rings is 1. The van der Waals surface area contributed by atoms with Gasteiger partial charge in [-0.3, -0.25) is 4.40 Å². The number of aromatic nitrogens is 2. The van der Waals surface area contributed by atoms with Gasteiger partial charge in [-0.2, -0.15) is 13.5 Å². The quantitative estimate of drug-likeness (QED) is 0.542. The minimum Gasteiger partial charge on any atom is -0.288 e. The van der Waals surface area contributed by atoms with Crippen molar-refractivity contribution >= 4 is 48.5 Å². The predicted molar refractivity (Wildman–Crippen MR) is 89.9 cm³/mol. The maximum absolute atomic E-state index is 12.1. The SMILES string of the molecule is Cc1ccc(S(=O)(=O)NN=Cc2c(Br)nc3sccn23)cc1. The second-order valence-electron chi connectivity index (χ2n) is 4.51. The standard InChI is InChI=1S/C13H11BrN4O2S2/c1-9-2-4-10(5-3-9)22(19,20)17-15-8-11-12(14)16-13-18(11)6-7-21-13/h2-8,17H,1H3. The lowest BCUT2D eigenvalue weighted by molar-refractivity contribution is 0.584. The molecule has 0 atom stereocenters. The molecule has 0 bridgehead atoms. The average Bonchev–Trinajstić information content (AvgIpc) is 3.02. The van der Waals surface area contributed by atoms with Crippen LogP contribution >= 0.6 is 27.3 Å². The number of rotatable bonds is 4. The lowest BCUT2D eigenvalue weighted by Crippen LogP contribution is -2.18. The summed E-state index contributed by atoms with van der Waals surface area (Å²) >= 11 is 4.81. The van der Waals surface area contributed by atoms with E-state index in [1.165, 1.54) is 17.6 Å². The second kappa shape index (κ2) is 5.82. The summed E-state index contributed by atoms with van der Waals surface area (Å²) < 4.78 is 26.7. The van der Waals surface area contributed by atoms with Crippen molar-refractivity contribution in [1.82, 2.24) is 14.2 Å². The Hall–Kier alpha value is -1.71. The molecule has 6 nitrogen and oxygen atoms in total. The number of nitrogens with one attached hydrogen (secondary N) is 1. The normalized spacial score (nSPS) is 12.3. The van der Waals surface area contributed by atoms with Crippen molar-refractivity contribution in [3.8, 4) is 0 Å². The lowest BCUT2D eigenvalue weighted by atomic mass is 10.2. The molecular weight excluding hydrogens is 388 g/mol. The van der Waals surface area contributed by atoms with Gasteiger partial charge in [0.2, 0.25) is 0 Å². The number of fused-ring (bicyclic) bond motifs is 1. The number of thiazole rings is 1. The average molecular weight is 399 g/mol. The van der Waals surface area contributed by atoms with Crippen LogP contribution in [-0.2, 0) is 10.0 Å². The molecule has 3 aromatic rings. The van der Waals surface area contributed by atoms with E-state index in [9.17, 15) is 8.42 Å². The highest BCUT2D eigenvalue weighted by Crippen LogP contribution is 2.20. The van der Waals surface area contributed by atoms with Gasteiger partial charge in [0, 0.05) is 11.6 Å². The van der Waals surface area contributed by atoms with Crippen molar-refractivity contribution in [2.75, 3.05) is 0 Å². The first-order valence-electron chi connectivity index (χ1n) is 6.20. The molecule has 0 amide bonds. The van der Waals surface area contributed by atoms with Crippen LogP contribution in [-0.4, -0.2) is 24.0 Å². The van der Waals surface area contributed by atoms with Crippen LogP contribution in [0, 0.1) is 6.92 Å². The number of halogens is 1. The molecule has 9 heteroatoms. The summed E-state index contributed by atoms with van der Waals surface area (Å²) in [5, 5.41) is 5.72. The van der Waals surface area contributed by atoms with E-state index < -0.39 is 10.0 Å².